The smallest absolute Gasteiger partial charge is 0.252 e. The maximum absolute atomic E-state index is 11.4. The lowest BCUT2D eigenvalue weighted by atomic mass is 10.3. The van der Waals surface area contributed by atoms with Crippen LogP contribution in [0.15, 0.2) is 11.4 Å². The standard InChI is InChI=1S/C8H10INO2S/c1-5(3-11)10-8(12)6-2-7(9)13-4-6/h2,4-5,11H,3H2,1H3,(H,10,12)/t5-/m0/s1. The molecule has 72 valence electrons. The quantitative estimate of drug-likeness (QED) is 0.831. The van der Waals surface area contributed by atoms with Gasteiger partial charge in [0.05, 0.1) is 15.1 Å². The van der Waals surface area contributed by atoms with E-state index < -0.39 is 0 Å². The molecule has 0 spiro atoms. The van der Waals surface area contributed by atoms with E-state index in [2.05, 4.69) is 27.9 Å². The van der Waals surface area contributed by atoms with E-state index in [0.29, 0.717) is 5.56 Å². The number of aliphatic hydroxyl groups is 1. The Bertz CT molecular complexity index is 300. The second-order valence-corrected chi connectivity index (χ2v) is 5.50. The number of carbonyl (C=O) groups is 1. The van der Waals surface area contributed by atoms with Gasteiger partial charge in [-0.15, -0.1) is 11.3 Å². The largest absolute Gasteiger partial charge is 0.394 e. The molecule has 5 heteroatoms. The van der Waals surface area contributed by atoms with Crippen molar-refractivity contribution < 1.29 is 9.90 Å². The number of thiophene rings is 1. The third-order valence-corrected chi connectivity index (χ3v) is 3.27. The van der Waals surface area contributed by atoms with Gasteiger partial charge in [0.1, 0.15) is 0 Å². The Balaban J connectivity index is 2.58. The van der Waals surface area contributed by atoms with Gasteiger partial charge in [-0.1, -0.05) is 0 Å². The van der Waals surface area contributed by atoms with Gasteiger partial charge in [-0.2, -0.15) is 0 Å². The number of nitrogens with one attached hydrogen (secondary N) is 1. The zero-order valence-electron chi connectivity index (χ0n) is 7.08. The normalized spacial score (nSPS) is 12.5. The molecule has 0 saturated carbocycles. The van der Waals surface area contributed by atoms with Crippen molar-refractivity contribution >= 4 is 39.8 Å². The predicted octanol–water partition coefficient (Wildman–Crippen LogP) is 1.46. The molecule has 0 saturated heterocycles. The summed E-state index contributed by atoms with van der Waals surface area (Å²) in [5.74, 6) is -0.124. The molecule has 0 aliphatic carbocycles. The van der Waals surface area contributed by atoms with Gasteiger partial charge < -0.3 is 10.4 Å². The maximum Gasteiger partial charge on any atom is 0.252 e. The van der Waals surface area contributed by atoms with Crippen molar-refractivity contribution in [2.24, 2.45) is 0 Å². The Kier molecular flexibility index (Phi) is 4.14. The number of halogens is 1. The van der Waals surface area contributed by atoms with Crippen LogP contribution in [0.25, 0.3) is 0 Å². The predicted molar refractivity (Wildman–Crippen MR) is 61.1 cm³/mol. The van der Waals surface area contributed by atoms with Crippen molar-refractivity contribution in [3.8, 4) is 0 Å². The topological polar surface area (TPSA) is 49.3 Å². The summed E-state index contributed by atoms with van der Waals surface area (Å²) < 4.78 is 1.08. The molecule has 0 fully saturated rings. The second kappa shape index (κ2) is 4.92. The molecule has 1 heterocycles. The van der Waals surface area contributed by atoms with Gasteiger partial charge in [-0.05, 0) is 35.6 Å². The minimum absolute atomic E-state index is 0.0348. The van der Waals surface area contributed by atoms with Crippen LogP contribution in [0.4, 0.5) is 0 Å². The minimum Gasteiger partial charge on any atom is -0.394 e. The molecule has 1 aromatic heterocycles. The highest BCUT2D eigenvalue weighted by molar-refractivity contribution is 14.1. The molecular weight excluding hydrogens is 301 g/mol. The first kappa shape index (κ1) is 10.9. The van der Waals surface area contributed by atoms with Crippen molar-refractivity contribution in [2.75, 3.05) is 6.61 Å². The molecule has 0 bridgehead atoms. The Labute approximate surface area is 94.3 Å². The van der Waals surface area contributed by atoms with E-state index in [0.717, 1.165) is 2.88 Å². The van der Waals surface area contributed by atoms with Crippen molar-refractivity contribution in [3.05, 3.63) is 19.9 Å². The Morgan fingerprint density at radius 3 is 3.00 bits per heavy atom. The van der Waals surface area contributed by atoms with Crippen LogP contribution in [-0.2, 0) is 0 Å². The van der Waals surface area contributed by atoms with Crippen LogP contribution >= 0.6 is 33.9 Å². The van der Waals surface area contributed by atoms with Crippen LogP contribution in [0.2, 0.25) is 0 Å². The molecular formula is C8H10INO2S. The van der Waals surface area contributed by atoms with Gasteiger partial charge in [-0.25, -0.2) is 0 Å². The summed E-state index contributed by atoms with van der Waals surface area (Å²) >= 11 is 3.70. The summed E-state index contributed by atoms with van der Waals surface area (Å²) in [7, 11) is 0. The fourth-order valence-corrected chi connectivity index (χ4v) is 2.11. The van der Waals surface area contributed by atoms with Crippen molar-refractivity contribution in [1.82, 2.24) is 5.32 Å². The van der Waals surface area contributed by atoms with Crippen LogP contribution in [0.3, 0.4) is 0 Å². The van der Waals surface area contributed by atoms with Gasteiger partial charge in [0.15, 0.2) is 0 Å². The number of rotatable bonds is 3. The highest BCUT2D eigenvalue weighted by Gasteiger charge is 2.09. The van der Waals surface area contributed by atoms with Crippen LogP contribution in [0.5, 0.6) is 0 Å². The average molecular weight is 311 g/mol. The molecule has 0 unspecified atom stereocenters. The SMILES string of the molecule is C[C@@H](CO)NC(=O)c1csc(I)c1. The van der Waals surface area contributed by atoms with Crippen LogP contribution in [-0.4, -0.2) is 23.7 Å². The van der Waals surface area contributed by atoms with E-state index in [1.165, 1.54) is 11.3 Å². The lowest BCUT2D eigenvalue weighted by Gasteiger charge is -2.08. The summed E-state index contributed by atoms with van der Waals surface area (Å²) in [4.78, 5) is 11.4. The van der Waals surface area contributed by atoms with E-state index in [4.69, 9.17) is 5.11 Å². The number of amides is 1. The van der Waals surface area contributed by atoms with Crippen molar-refractivity contribution in [3.63, 3.8) is 0 Å². The van der Waals surface area contributed by atoms with Gasteiger partial charge in [-0.3, -0.25) is 4.79 Å². The van der Waals surface area contributed by atoms with E-state index >= 15 is 0 Å². The van der Waals surface area contributed by atoms with Crippen LogP contribution < -0.4 is 5.32 Å². The molecule has 13 heavy (non-hydrogen) atoms. The highest BCUT2D eigenvalue weighted by atomic mass is 127. The molecule has 0 aromatic carbocycles. The molecule has 1 aromatic rings. The first-order valence-corrected chi connectivity index (χ1v) is 5.75. The van der Waals surface area contributed by atoms with Gasteiger partial charge in [0, 0.05) is 11.4 Å². The number of carbonyl (C=O) groups excluding carboxylic acids is 1. The zero-order valence-corrected chi connectivity index (χ0v) is 10.1. The first-order valence-electron chi connectivity index (χ1n) is 3.79. The fraction of sp³-hybridized carbons (Fsp3) is 0.375. The zero-order chi connectivity index (χ0) is 9.84. The maximum atomic E-state index is 11.4. The third-order valence-electron chi connectivity index (χ3n) is 1.48. The average Bonchev–Trinajstić information content (AvgIpc) is 2.51. The number of aliphatic hydroxyl groups excluding tert-OH is 1. The van der Waals surface area contributed by atoms with E-state index in [1.54, 1.807) is 12.3 Å². The monoisotopic (exact) mass is 311 g/mol. The fourth-order valence-electron chi connectivity index (χ4n) is 0.782. The molecule has 2 N–H and O–H groups in total. The Hall–Kier alpha value is -0.140. The molecule has 0 aliphatic heterocycles. The lowest BCUT2D eigenvalue weighted by Crippen LogP contribution is -2.34. The summed E-state index contributed by atoms with van der Waals surface area (Å²) in [5, 5.41) is 13.2. The number of hydrogen-bond acceptors (Lipinski definition) is 3. The lowest BCUT2D eigenvalue weighted by molar-refractivity contribution is 0.0923. The molecule has 1 rings (SSSR count). The molecule has 0 radical (unpaired) electrons. The second-order valence-electron chi connectivity index (χ2n) is 2.70. The summed E-state index contributed by atoms with van der Waals surface area (Å²) in [6.07, 6.45) is 0. The van der Waals surface area contributed by atoms with Gasteiger partial charge >= 0.3 is 0 Å². The molecule has 3 nitrogen and oxygen atoms in total. The van der Waals surface area contributed by atoms with Gasteiger partial charge in [0.2, 0.25) is 0 Å². The van der Waals surface area contributed by atoms with Crippen molar-refractivity contribution in [1.29, 1.82) is 0 Å². The third kappa shape index (κ3) is 3.24. The molecule has 1 atom stereocenters. The van der Waals surface area contributed by atoms with E-state index in [9.17, 15) is 4.79 Å². The van der Waals surface area contributed by atoms with Crippen LogP contribution in [0.1, 0.15) is 17.3 Å². The summed E-state index contributed by atoms with van der Waals surface area (Å²) in [6, 6.07) is 1.63. The Morgan fingerprint density at radius 1 is 1.85 bits per heavy atom. The van der Waals surface area contributed by atoms with E-state index in [-0.39, 0.29) is 18.6 Å². The van der Waals surface area contributed by atoms with Gasteiger partial charge in [0.25, 0.3) is 5.91 Å². The molecule has 1 amide bonds. The molecule has 0 aliphatic rings. The van der Waals surface area contributed by atoms with Crippen molar-refractivity contribution in [2.45, 2.75) is 13.0 Å². The Morgan fingerprint density at radius 2 is 2.54 bits per heavy atom. The highest BCUT2D eigenvalue weighted by Crippen LogP contribution is 2.16. The minimum atomic E-state index is -0.190. The van der Waals surface area contributed by atoms with E-state index in [1.807, 2.05) is 6.07 Å². The first-order chi connectivity index (χ1) is 6.13. The summed E-state index contributed by atoms with van der Waals surface area (Å²) in [5.41, 5.74) is 0.662. The summed E-state index contributed by atoms with van der Waals surface area (Å²) in [6.45, 7) is 1.72. The number of hydrogen-bond donors (Lipinski definition) is 2. The van der Waals surface area contributed by atoms with Crippen LogP contribution in [0, 0.1) is 2.88 Å².